The van der Waals surface area contributed by atoms with Crippen LogP contribution in [0.25, 0.3) is 0 Å². The summed E-state index contributed by atoms with van der Waals surface area (Å²) >= 11 is -0.149. The fourth-order valence-electron chi connectivity index (χ4n) is 1.65. The first-order valence-electron chi connectivity index (χ1n) is 5.73. The van der Waals surface area contributed by atoms with Gasteiger partial charge in [0, 0.05) is 24.5 Å². The Bertz CT molecular complexity index is 381. The van der Waals surface area contributed by atoms with Crippen molar-refractivity contribution in [2.24, 2.45) is 0 Å². The number of hydrogen-bond acceptors (Lipinski definition) is 4. The lowest BCUT2D eigenvalue weighted by Crippen LogP contribution is -2.29. The molecule has 7 heteroatoms. The number of rotatable bonds is 7. The minimum absolute atomic E-state index is 0.0585. The lowest BCUT2D eigenvalue weighted by Gasteiger charge is -2.20. The number of benzene rings is 1. The quantitative estimate of drug-likeness (QED) is 0.756. The topological polar surface area (TPSA) is 43.7 Å². The van der Waals surface area contributed by atoms with Crippen molar-refractivity contribution in [3.05, 3.63) is 29.8 Å². The van der Waals surface area contributed by atoms with Crippen LogP contribution >= 0.6 is 11.8 Å². The summed E-state index contributed by atoms with van der Waals surface area (Å²) in [7, 11) is 0. The maximum absolute atomic E-state index is 12.3. The van der Waals surface area contributed by atoms with Gasteiger partial charge in [0.1, 0.15) is 0 Å². The van der Waals surface area contributed by atoms with Crippen molar-refractivity contribution in [3.8, 4) is 0 Å². The van der Waals surface area contributed by atoms with Gasteiger partial charge in [0.15, 0.2) is 0 Å². The average molecular weight is 295 g/mol. The van der Waals surface area contributed by atoms with Crippen molar-refractivity contribution >= 4 is 11.8 Å². The van der Waals surface area contributed by atoms with Crippen molar-refractivity contribution in [1.82, 2.24) is 4.90 Å². The maximum Gasteiger partial charge on any atom is 0.446 e. The molecule has 1 aromatic carbocycles. The van der Waals surface area contributed by atoms with E-state index in [2.05, 4.69) is 0 Å². The number of aliphatic hydroxyl groups is 2. The van der Waals surface area contributed by atoms with Crippen LogP contribution in [0.2, 0.25) is 0 Å². The largest absolute Gasteiger partial charge is 0.446 e. The van der Waals surface area contributed by atoms with Gasteiger partial charge in [-0.3, -0.25) is 4.90 Å². The first kappa shape index (κ1) is 16.3. The second-order valence-electron chi connectivity index (χ2n) is 3.92. The highest BCUT2D eigenvalue weighted by Crippen LogP contribution is 2.36. The molecule has 0 aromatic heterocycles. The van der Waals surface area contributed by atoms with Gasteiger partial charge in [0.25, 0.3) is 0 Å². The van der Waals surface area contributed by atoms with Crippen LogP contribution in [-0.4, -0.2) is 46.9 Å². The van der Waals surface area contributed by atoms with Gasteiger partial charge in [0.2, 0.25) is 0 Å². The van der Waals surface area contributed by atoms with Crippen molar-refractivity contribution in [1.29, 1.82) is 0 Å². The Morgan fingerprint density at radius 1 is 1.11 bits per heavy atom. The Morgan fingerprint density at radius 3 is 2.26 bits per heavy atom. The Morgan fingerprint density at radius 2 is 1.74 bits per heavy atom. The molecular formula is C12H16F3NO2S. The number of hydrogen-bond donors (Lipinski definition) is 2. The SMILES string of the molecule is OCCN(CCO)Cc1cccc(SC(F)(F)F)c1. The van der Waals surface area contributed by atoms with Crippen LogP contribution in [0.15, 0.2) is 29.2 Å². The molecule has 0 heterocycles. The summed E-state index contributed by atoms with van der Waals surface area (Å²) in [6.07, 6.45) is 0. The van der Waals surface area contributed by atoms with E-state index in [1.807, 2.05) is 0 Å². The van der Waals surface area contributed by atoms with Gasteiger partial charge in [-0.05, 0) is 29.5 Å². The fraction of sp³-hybridized carbons (Fsp3) is 0.500. The Labute approximate surface area is 114 Å². The summed E-state index contributed by atoms with van der Waals surface area (Å²) in [5, 5.41) is 17.7. The van der Waals surface area contributed by atoms with Crippen molar-refractivity contribution in [2.45, 2.75) is 16.9 Å². The molecule has 0 fully saturated rings. The molecular weight excluding hydrogens is 279 g/mol. The third kappa shape index (κ3) is 6.81. The van der Waals surface area contributed by atoms with Gasteiger partial charge in [0.05, 0.1) is 13.2 Å². The van der Waals surface area contributed by atoms with Crippen LogP contribution in [-0.2, 0) is 6.54 Å². The Kier molecular flexibility index (Phi) is 6.64. The zero-order chi connectivity index (χ0) is 14.3. The van der Waals surface area contributed by atoms with E-state index in [1.54, 1.807) is 17.0 Å². The predicted molar refractivity (Wildman–Crippen MR) is 67.8 cm³/mol. The molecule has 1 rings (SSSR count). The van der Waals surface area contributed by atoms with E-state index in [-0.39, 0.29) is 29.9 Å². The second kappa shape index (κ2) is 7.74. The molecule has 108 valence electrons. The second-order valence-corrected chi connectivity index (χ2v) is 5.06. The van der Waals surface area contributed by atoms with E-state index in [4.69, 9.17) is 10.2 Å². The molecule has 3 nitrogen and oxygen atoms in total. The minimum Gasteiger partial charge on any atom is -0.395 e. The third-order valence-corrected chi connectivity index (χ3v) is 3.09. The molecule has 1 aromatic rings. The number of thioether (sulfide) groups is 1. The fourth-order valence-corrected chi connectivity index (χ4v) is 2.28. The maximum atomic E-state index is 12.3. The summed E-state index contributed by atoms with van der Waals surface area (Å²) in [4.78, 5) is 1.91. The molecule has 0 unspecified atom stereocenters. The summed E-state index contributed by atoms with van der Waals surface area (Å²) in [5.41, 5.74) is -3.58. The van der Waals surface area contributed by atoms with Gasteiger partial charge in [-0.2, -0.15) is 13.2 Å². The van der Waals surface area contributed by atoms with E-state index >= 15 is 0 Å². The molecule has 0 spiro atoms. The van der Waals surface area contributed by atoms with Crippen LogP contribution in [0.3, 0.4) is 0 Å². The molecule has 0 saturated carbocycles. The highest BCUT2D eigenvalue weighted by atomic mass is 32.2. The lowest BCUT2D eigenvalue weighted by atomic mass is 10.2. The Hall–Kier alpha value is -0.760. The molecule has 0 atom stereocenters. The molecule has 0 aliphatic carbocycles. The van der Waals surface area contributed by atoms with Crippen molar-refractivity contribution in [3.63, 3.8) is 0 Å². The molecule has 0 aliphatic heterocycles. The molecule has 0 bridgehead atoms. The van der Waals surface area contributed by atoms with Crippen LogP contribution < -0.4 is 0 Å². The zero-order valence-electron chi connectivity index (χ0n) is 10.2. The zero-order valence-corrected chi connectivity index (χ0v) is 11.0. The van der Waals surface area contributed by atoms with Gasteiger partial charge in [-0.1, -0.05) is 12.1 Å². The standard InChI is InChI=1S/C12H16F3NO2S/c13-12(14,15)19-11-3-1-2-10(8-11)9-16(4-6-17)5-7-18/h1-3,8,17-18H,4-7,9H2. The van der Waals surface area contributed by atoms with E-state index in [0.29, 0.717) is 19.6 Å². The summed E-state index contributed by atoms with van der Waals surface area (Å²) < 4.78 is 36.8. The smallest absolute Gasteiger partial charge is 0.395 e. The molecule has 0 aliphatic rings. The predicted octanol–water partition coefficient (Wildman–Crippen LogP) is 2.09. The number of aliphatic hydroxyl groups excluding tert-OH is 2. The van der Waals surface area contributed by atoms with Crippen LogP contribution in [0.1, 0.15) is 5.56 Å². The van der Waals surface area contributed by atoms with Gasteiger partial charge < -0.3 is 10.2 Å². The highest BCUT2D eigenvalue weighted by molar-refractivity contribution is 8.00. The molecule has 0 amide bonds. The van der Waals surface area contributed by atoms with Gasteiger partial charge in [-0.25, -0.2) is 0 Å². The molecule has 0 radical (unpaired) electrons. The van der Waals surface area contributed by atoms with E-state index in [9.17, 15) is 13.2 Å². The monoisotopic (exact) mass is 295 g/mol. The van der Waals surface area contributed by atoms with E-state index < -0.39 is 5.51 Å². The minimum atomic E-state index is -4.30. The van der Waals surface area contributed by atoms with Gasteiger partial charge >= 0.3 is 5.51 Å². The third-order valence-electron chi connectivity index (χ3n) is 2.37. The van der Waals surface area contributed by atoms with Crippen molar-refractivity contribution in [2.75, 3.05) is 26.3 Å². The van der Waals surface area contributed by atoms with Crippen molar-refractivity contribution < 1.29 is 23.4 Å². The molecule has 2 N–H and O–H groups in total. The Balaban J connectivity index is 2.69. The summed E-state index contributed by atoms with van der Waals surface area (Å²) in [6.45, 7) is 1.02. The first-order valence-corrected chi connectivity index (χ1v) is 6.55. The van der Waals surface area contributed by atoms with Crippen LogP contribution in [0, 0.1) is 0 Å². The first-order chi connectivity index (χ1) is 8.94. The number of nitrogens with zero attached hydrogens (tertiary/aromatic N) is 1. The number of halogens is 3. The lowest BCUT2D eigenvalue weighted by molar-refractivity contribution is -0.0328. The number of alkyl halides is 3. The van der Waals surface area contributed by atoms with Gasteiger partial charge in [-0.15, -0.1) is 0 Å². The highest BCUT2D eigenvalue weighted by Gasteiger charge is 2.29. The average Bonchev–Trinajstić information content (AvgIpc) is 2.27. The normalized spacial score (nSPS) is 12.1. The molecule has 0 saturated heterocycles. The van der Waals surface area contributed by atoms with Crippen LogP contribution in [0.5, 0.6) is 0 Å². The van der Waals surface area contributed by atoms with Crippen LogP contribution in [0.4, 0.5) is 13.2 Å². The van der Waals surface area contributed by atoms with E-state index in [1.165, 1.54) is 12.1 Å². The van der Waals surface area contributed by atoms with E-state index in [0.717, 1.165) is 5.56 Å². The molecule has 19 heavy (non-hydrogen) atoms. The summed E-state index contributed by atoms with van der Waals surface area (Å²) in [5.74, 6) is 0. The summed E-state index contributed by atoms with van der Waals surface area (Å²) in [6, 6.07) is 6.17.